The Morgan fingerprint density at radius 1 is 1.47 bits per heavy atom. The van der Waals surface area contributed by atoms with Crippen LogP contribution < -0.4 is 5.32 Å². The Balaban J connectivity index is 2.30. The smallest absolute Gasteiger partial charge is 0.232 e. The number of fused-ring (bicyclic) bond motifs is 1. The summed E-state index contributed by atoms with van der Waals surface area (Å²) in [6.07, 6.45) is 2.88. The summed E-state index contributed by atoms with van der Waals surface area (Å²) in [4.78, 5) is 11.7. The van der Waals surface area contributed by atoms with Gasteiger partial charge in [0, 0.05) is 5.69 Å². The van der Waals surface area contributed by atoms with Crippen molar-refractivity contribution in [1.29, 1.82) is 0 Å². The number of carbonyl (C=O) groups excluding carboxylic acids is 1. The van der Waals surface area contributed by atoms with E-state index in [4.69, 9.17) is 0 Å². The van der Waals surface area contributed by atoms with Crippen molar-refractivity contribution in [2.45, 2.75) is 26.2 Å². The molecular formula is C13H15NO. The third-order valence-electron chi connectivity index (χ3n) is 2.93. The van der Waals surface area contributed by atoms with Crippen molar-refractivity contribution >= 4 is 11.6 Å². The highest BCUT2D eigenvalue weighted by molar-refractivity contribution is 6.02. The minimum Gasteiger partial charge on any atom is -0.325 e. The van der Waals surface area contributed by atoms with Crippen LogP contribution >= 0.6 is 0 Å². The van der Waals surface area contributed by atoms with Crippen molar-refractivity contribution in [3.05, 3.63) is 41.5 Å². The molecular weight excluding hydrogens is 186 g/mol. The Bertz CT molecular complexity index is 420. The average Bonchev–Trinajstić information content (AvgIpc) is 2.55. The molecule has 0 unspecified atom stereocenters. The number of hydrogen-bond acceptors (Lipinski definition) is 1. The molecule has 1 aromatic carbocycles. The van der Waals surface area contributed by atoms with Gasteiger partial charge in [0.15, 0.2) is 0 Å². The lowest BCUT2D eigenvalue weighted by atomic mass is 9.94. The second-order valence-corrected chi connectivity index (χ2v) is 3.97. The van der Waals surface area contributed by atoms with Crippen LogP contribution in [-0.4, -0.2) is 5.91 Å². The van der Waals surface area contributed by atoms with Gasteiger partial charge in [-0.3, -0.25) is 4.79 Å². The van der Waals surface area contributed by atoms with Crippen LogP contribution in [0.2, 0.25) is 0 Å². The largest absolute Gasteiger partial charge is 0.325 e. The second-order valence-electron chi connectivity index (χ2n) is 3.97. The first-order chi connectivity index (χ1) is 7.22. The lowest BCUT2D eigenvalue weighted by molar-refractivity contribution is -0.117. The van der Waals surface area contributed by atoms with Crippen LogP contribution in [0, 0.1) is 0 Å². The van der Waals surface area contributed by atoms with Crippen molar-refractivity contribution < 1.29 is 4.79 Å². The number of amides is 1. The van der Waals surface area contributed by atoms with Gasteiger partial charge in [-0.1, -0.05) is 29.8 Å². The van der Waals surface area contributed by atoms with E-state index in [1.165, 1.54) is 5.57 Å². The summed E-state index contributed by atoms with van der Waals surface area (Å²) in [5, 5.41) is 2.91. The van der Waals surface area contributed by atoms with Crippen LogP contribution in [0.1, 0.15) is 31.7 Å². The highest BCUT2D eigenvalue weighted by atomic mass is 16.2. The normalized spacial score (nSPS) is 20.0. The quantitative estimate of drug-likeness (QED) is 0.732. The van der Waals surface area contributed by atoms with E-state index in [0.717, 1.165) is 17.7 Å². The van der Waals surface area contributed by atoms with E-state index in [1.54, 1.807) is 0 Å². The molecule has 2 heteroatoms. The highest BCUT2D eigenvalue weighted by Crippen LogP contribution is 2.35. The predicted molar refractivity (Wildman–Crippen MR) is 61.9 cm³/mol. The number of hydrogen-bond donors (Lipinski definition) is 1. The van der Waals surface area contributed by atoms with E-state index in [1.807, 2.05) is 31.2 Å². The molecule has 0 aromatic heterocycles. The number of allylic oxidation sites excluding steroid dienone is 2. The van der Waals surface area contributed by atoms with E-state index < -0.39 is 0 Å². The van der Waals surface area contributed by atoms with Gasteiger partial charge in [-0.25, -0.2) is 0 Å². The Labute approximate surface area is 90.0 Å². The van der Waals surface area contributed by atoms with E-state index in [0.29, 0.717) is 0 Å². The molecule has 0 bridgehead atoms. The summed E-state index contributed by atoms with van der Waals surface area (Å²) in [6, 6.07) is 7.92. The fourth-order valence-corrected chi connectivity index (χ4v) is 1.92. The lowest BCUT2D eigenvalue weighted by Crippen LogP contribution is -2.12. The van der Waals surface area contributed by atoms with Crippen LogP contribution in [-0.2, 0) is 4.79 Å². The number of rotatable bonds is 2. The third kappa shape index (κ3) is 1.80. The Hall–Kier alpha value is -1.57. The van der Waals surface area contributed by atoms with Crippen molar-refractivity contribution in [2.24, 2.45) is 0 Å². The maximum Gasteiger partial charge on any atom is 0.232 e. The molecule has 2 rings (SSSR count). The molecule has 1 amide bonds. The topological polar surface area (TPSA) is 29.1 Å². The van der Waals surface area contributed by atoms with Crippen molar-refractivity contribution in [3.8, 4) is 0 Å². The van der Waals surface area contributed by atoms with E-state index in [9.17, 15) is 4.79 Å². The predicted octanol–water partition coefficient (Wildman–Crippen LogP) is 3.08. The van der Waals surface area contributed by atoms with Crippen LogP contribution in [0.15, 0.2) is 35.9 Å². The molecule has 78 valence electrons. The molecule has 15 heavy (non-hydrogen) atoms. The van der Waals surface area contributed by atoms with Gasteiger partial charge in [0.05, 0.1) is 5.92 Å². The van der Waals surface area contributed by atoms with Gasteiger partial charge in [-0.2, -0.15) is 0 Å². The maximum atomic E-state index is 11.7. The standard InChI is InChI=1S/C13H15NO/c1-3-9(2)8-11-10-6-4-5-7-12(10)14-13(11)15/h3-7,11H,8H2,1-2H3,(H,14,15)/t11-/m0/s1. The third-order valence-corrected chi connectivity index (χ3v) is 2.93. The zero-order valence-electron chi connectivity index (χ0n) is 9.08. The summed E-state index contributed by atoms with van der Waals surface area (Å²) in [5.74, 6) is 0.120. The molecule has 0 saturated carbocycles. The average molecular weight is 201 g/mol. The molecule has 0 radical (unpaired) electrons. The molecule has 1 aliphatic heterocycles. The van der Waals surface area contributed by atoms with E-state index in [2.05, 4.69) is 18.3 Å². The van der Waals surface area contributed by atoms with Gasteiger partial charge in [0.1, 0.15) is 0 Å². The molecule has 1 heterocycles. The summed E-state index contributed by atoms with van der Waals surface area (Å²) < 4.78 is 0. The minimum atomic E-state index is -0.00241. The Kier molecular flexibility index (Phi) is 2.58. The van der Waals surface area contributed by atoms with Crippen LogP contribution in [0.5, 0.6) is 0 Å². The molecule has 2 nitrogen and oxygen atoms in total. The van der Waals surface area contributed by atoms with Gasteiger partial charge < -0.3 is 5.32 Å². The highest BCUT2D eigenvalue weighted by Gasteiger charge is 2.29. The van der Waals surface area contributed by atoms with Crippen molar-refractivity contribution in [2.75, 3.05) is 5.32 Å². The summed E-state index contributed by atoms with van der Waals surface area (Å²) in [6.45, 7) is 4.07. The number of benzene rings is 1. The molecule has 0 spiro atoms. The monoisotopic (exact) mass is 201 g/mol. The van der Waals surface area contributed by atoms with E-state index in [-0.39, 0.29) is 11.8 Å². The first-order valence-electron chi connectivity index (χ1n) is 5.24. The van der Waals surface area contributed by atoms with Gasteiger partial charge in [-0.15, -0.1) is 0 Å². The first kappa shape index (κ1) is 9.97. The molecule has 1 atom stereocenters. The summed E-state index contributed by atoms with van der Waals surface area (Å²) in [7, 11) is 0. The number of nitrogens with one attached hydrogen (secondary N) is 1. The maximum absolute atomic E-state index is 11.7. The zero-order chi connectivity index (χ0) is 10.8. The van der Waals surface area contributed by atoms with Crippen molar-refractivity contribution in [3.63, 3.8) is 0 Å². The second kappa shape index (κ2) is 3.89. The minimum absolute atomic E-state index is 0.00241. The molecule has 1 aromatic rings. The van der Waals surface area contributed by atoms with Gasteiger partial charge in [0.25, 0.3) is 0 Å². The zero-order valence-corrected chi connectivity index (χ0v) is 9.08. The first-order valence-corrected chi connectivity index (χ1v) is 5.24. The Morgan fingerprint density at radius 3 is 2.93 bits per heavy atom. The van der Waals surface area contributed by atoms with Gasteiger partial charge in [-0.05, 0) is 31.9 Å². The molecule has 0 fully saturated rings. The van der Waals surface area contributed by atoms with Crippen molar-refractivity contribution in [1.82, 2.24) is 0 Å². The number of anilines is 1. The molecule has 0 aliphatic carbocycles. The van der Waals surface area contributed by atoms with Crippen LogP contribution in [0.3, 0.4) is 0 Å². The summed E-state index contributed by atoms with van der Waals surface area (Å²) in [5.41, 5.74) is 3.35. The van der Waals surface area contributed by atoms with Gasteiger partial charge in [0.2, 0.25) is 5.91 Å². The van der Waals surface area contributed by atoms with Crippen LogP contribution in [0.25, 0.3) is 0 Å². The number of carbonyl (C=O) groups is 1. The molecule has 1 aliphatic rings. The fraction of sp³-hybridized carbons (Fsp3) is 0.308. The SMILES string of the molecule is CC=C(C)C[C@@H]1C(=O)Nc2ccccc21. The van der Waals surface area contributed by atoms with Crippen LogP contribution in [0.4, 0.5) is 5.69 Å². The number of para-hydroxylation sites is 1. The fourth-order valence-electron chi connectivity index (χ4n) is 1.92. The van der Waals surface area contributed by atoms with E-state index >= 15 is 0 Å². The summed E-state index contributed by atoms with van der Waals surface area (Å²) >= 11 is 0. The Morgan fingerprint density at radius 2 is 2.20 bits per heavy atom. The van der Waals surface area contributed by atoms with Gasteiger partial charge >= 0.3 is 0 Å². The molecule has 1 N–H and O–H groups in total. The molecule has 0 saturated heterocycles. The lowest BCUT2D eigenvalue weighted by Gasteiger charge is -2.08.